The number of hydrogen-bond donors (Lipinski definition) is 1. The Hall–Kier alpha value is -4.17. The highest BCUT2D eigenvalue weighted by Crippen LogP contribution is 2.44. The lowest BCUT2D eigenvalue weighted by atomic mass is 9.95. The first-order chi connectivity index (χ1) is 16.9. The summed E-state index contributed by atoms with van der Waals surface area (Å²) in [5.41, 5.74) is 2.84. The van der Waals surface area contributed by atoms with Crippen molar-refractivity contribution in [2.75, 3.05) is 19.1 Å². The average molecular weight is 487 g/mol. The molecule has 0 aliphatic carbocycles. The highest BCUT2D eigenvalue weighted by molar-refractivity contribution is 7.22. The molecule has 1 aliphatic heterocycles. The van der Waals surface area contributed by atoms with E-state index in [4.69, 9.17) is 9.47 Å². The molecular weight excluding hydrogens is 464 g/mol. The van der Waals surface area contributed by atoms with Gasteiger partial charge in [-0.3, -0.25) is 14.5 Å². The predicted octanol–water partition coefficient (Wildman–Crippen LogP) is 5.25. The highest BCUT2D eigenvalue weighted by Gasteiger charge is 2.48. The van der Waals surface area contributed by atoms with Crippen LogP contribution in [0.25, 0.3) is 16.0 Å². The van der Waals surface area contributed by atoms with Crippen molar-refractivity contribution in [3.63, 3.8) is 0 Å². The maximum atomic E-state index is 13.4. The first-order valence-corrected chi connectivity index (χ1v) is 11.7. The van der Waals surface area contributed by atoms with E-state index in [1.165, 1.54) is 16.2 Å². The van der Waals surface area contributed by atoms with Gasteiger partial charge in [0.1, 0.15) is 17.3 Å². The zero-order valence-electron chi connectivity index (χ0n) is 19.3. The molecule has 4 aromatic rings. The molecule has 0 spiro atoms. The fourth-order valence-electron chi connectivity index (χ4n) is 4.12. The number of aryl methyl sites for hydroxylation is 1. The van der Waals surface area contributed by atoms with Crippen molar-refractivity contribution in [3.8, 4) is 11.5 Å². The molecule has 0 bridgehead atoms. The Balaban J connectivity index is 1.69. The summed E-state index contributed by atoms with van der Waals surface area (Å²) < 4.78 is 11.3. The second-order valence-electron chi connectivity index (χ2n) is 8.14. The highest BCUT2D eigenvalue weighted by atomic mass is 32.1. The van der Waals surface area contributed by atoms with E-state index in [1.54, 1.807) is 44.6 Å². The number of hydrogen-bond acceptors (Lipinski definition) is 7. The summed E-state index contributed by atoms with van der Waals surface area (Å²) in [5, 5.41) is 11.6. The van der Waals surface area contributed by atoms with Crippen LogP contribution in [0.15, 0.2) is 72.3 Å². The van der Waals surface area contributed by atoms with Gasteiger partial charge in [-0.15, -0.1) is 0 Å². The number of carbonyl (C=O) groups is 2. The largest absolute Gasteiger partial charge is 0.507 e. The molecule has 1 aliphatic rings. The van der Waals surface area contributed by atoms with E-state index >= 15 is 0 Å². The topological polar surface area (TPSA) is 89.0 Å². The second-order valence-corrected chi connectivity index (χ2v) is 9.15. The third-order valence-electron chi connectivity index (χ3n) is 5.99. The number of aromatic nitrogens is 1. The minimum absolute atomic E-state index is 0.0147. The molecule has 3 aromatic carbocycles. The molecule has 8 heteroatoms. The number of Topliss-reactive ketones (excluding diaryl/α,β-unsaturated/α-hetero) is 1. The molecule has 1 amide bonds. The van der Waals surface area contributed by atoms with Crippen LogP contribution in [0.5, 0.6) is 11.5 Å². The first-order valence-electron chi connectivity index (χ1n) is 10.9. The van der Waals surface area contributed by atoms with Crippen LogP contribution in [0.4, 0.5) is 5.13 Å². The fraction of sp³-hybridized carbons (Fsp3) is 0.148. The van der Waals surface area contributed by atoms with Crippen LogP contribution in [-0.2, 0) is 9.59 Å². The van der Waals surface area contributed by atoms with Gasteiger partial charge in [0, 0.05) is 5.56 Å². The van der Waals surface area contributed by atoms with E-state index in [1.807, 2.05) is 43.3 Å². The van der Waals surface area contributed by atoms with E-state index in [9.17, 15) is 14.7 Å². The molecular formula is C27H22N2O5S. The smallest absolute Gasteiger partial charge is 0.301 e. The molecule has 1 aromatic heterocycles. The normalized spacial score (nSPS) is 17.2. The quantitative estimate of drug-likeness (QED) is 0.236. The number of anilines is 1. The Labute approximate surface area is 205 Å². The summed E-state index contributed by atoms with van der Waals surface area (Å²) in [6.07, 6.45) is 0. The van der Waals surface area contributed by atoms with Gasteiger partial charge in [-0.05, 0) is 55.0 Å². The Kier molecular flexibility index (Phi) is 5.74. The van der Waals surface area contributed by atoms with Gasteiger partial charge >= 0.3 is 5.91 Å². The van der Waals surface area contributed by atoms with Crippen molar-refractivity contribution in [3.05, 3.63) is 89.0 Å². The molecule has 0 radical (unpaired) electrons. The third kappa shape index (κ3) is 3.91. The second kappa shape index (κ2) is 8.88. The fourth-order valence-corrected chi connectivity index (χ4v) is 5.14. The average Bonchev–Trinajstić information content (AvgIpc) is 3.41. The number of benzene rings is 3. The van der Waals surface area contributed by atoms with Crippen molar-refractivity contribution in [2.45, 2.75) is 13.0 Å². The SMILES string of the molecule is COc1ccc(/C(O)=C2\C(=O)C(=O)N(c3nc4ccc(OC)cc4s3)[C@H]2c2ccc(C)cc2)cc1. The summed E-state index contributed by atoms with van der Waals surface area (Å²) in [5.74, 6) is -0.467. The van der Waals surface area contributed by atoms with Gasteiger partial charge < -0.3 is 14.6 Å². The maximum absolute atomic E-state index is 13.4. The minimum Gasteiger partial charge on any atom is -0.507 e. The molecule has 5 rings (SSSR count). The van der Waals surface area contributed by atoms with Crippen molar-refractivity contribution in [1.29, 1.82) is 0 Å². The van der Waals surface area contributed by atoms with E-state index < -0.39 is 17.7 Å². The van der Waals surface area contributed by atoms with Gasteiger partial charge in [0.25, 0.3) is 5.78 Å². The van der Waals surface area contributed by atoms with Gasteiger partial charge in [-0.1, -0.05) is 41.2 Å². The van der Waals surface area contributed by atoms with Crippen molar-refractivity contribution < 1.29 is 24.2 Å². The Morgan fingerprint density at radius 2 is 1.60 bits per heavy atom. The zero-order chi connectivity index (χ0) is 24.7. The number of nitrogens with zero attached hydrogens (tertiary/aromatic N) is 2. The molecule has 35 heavy (non-hydrogen) atoms. The van der Waals surface area contributed by atoms with Gasteiger partial charge in [0.2, 0.25) is 0 Å². The van der Waals surface area contributed by atoms with E-state index in [0.717, 1.165) is 10.3 Å². The van der Waals surface area contributed by atoms with Crippen LogP contribution in [0.3, 0.4) is 0 Å². The van der Waals surface area contributed by atoms with Crippen molar-refractivity contribution in [1.82, 2.24) is 4.98 Å². The molecule has 1 fully saturated rings. The molecule has 0 unspecified atom stereocenters. The number of rotatable bonds is 5. The summed E-state index contributed by atoms with van der Waals surface area (Å²) in [6.45, 7) is 1.96. The standard InChI is InChI=1S/C27H22N2O5S/c1-15-4-6-16(7-5-15)23-22(24(30)17-8-10-18(33-2)11-9-17)25(31)26(32)29(23)27-28-20-13-12-19(34-3)14-21(20)35-27/h4-14,23,30H,1-3H3/b24-22+/t23-/m0/s1. The summed E-state index contributed by atoms with van der Waals surface area (Å²) in [7, 11) is 3.13. The third-order valence-corrected chi connectivity index (χ3v) is 7.01. The van der Waals surface area contributed by atoms with Crippen LogP contribution in [-0.4, -0.2) is 36.0 Å². The van der Waals surface area contributed by atoms with E-state index in [-0.39, 0.29) is 11.3 Å². The van der Waals surface area contributed by atoms with Crippen LogP contribution in [0.2, 0.25) is 0 Å². The molecule has 0 saturated carbocycles. The summed E-state index contributed by atoms with van der Waals surface area (Å²) in [4.78, 5) is 32.7. The van der Waals surface area contributed by atoms with E-state index in [0.29, 0.717) is 33.3 Å². The minimum atomic E-state index is -0.833. The van der Waals surface area contributed by atoms with Crippen molar-refractivity contribution in [2.24, 2.45) is 0 Å². The molecule has 1 N–H and O–H groups in total. The van der Waals surface area contributed by atoms with Gasteiger partial charge in [-0.2, -0.15) is 0 Å². The van der Waals surface area contributed by atoms with E-state index in [2.05, 4.69) is 4.98 Å². The monoisotopic (exact) mass is 486 g/mol. The van der Waals surface area contributed by atoms with Gasteiger partial charge in [0.15, 0.2) is 5.13 Å². The molecule has 1 saturated heterocycles. The van der Waals surface area contributed by atoms with Crippen LogP contribution in [0.1, 0.15) is 22.7 Å². The first kappa shape index (κ1) is 22.6. The van der Waals surface area contributed by atoms with Crippen molar-refractivity contribution >= 4 is 44.1 Å². The lowest BCUT2D eigenvalue weighted by molar-refractivity contribution is -0.132. The Morgan fingerprint density at radius 3 is 2.26 bits per heavy atom. The summed E-state index contributed by atoms with van der Waals surface area (Å²) >= 11 is 1.29. The number of fused-ring (bicyclic) bond motifs is 1. The van der Waals surface area contributed by atoms with Crippen LogP contribution >= 0.6 is 11.3 Å². The predicted molar refractivity (Wildman–Crippen MR) is 135 cm³/mol. The Morgan fingerprint density at radius 1 is 0.943 bits per heavy atom. The lowest BCUT2D eigenvalue weighted by Crippen LogP contribution is -2.29. The number of aliphatic hydroxyl groups is 1. The zero-order valence-corrected chi connectivity index (χ0v) is 20.1. The number of carbonyl (C=O) groups excluding carboxylic acids is 2. The molecule has 7 nitrogen and oxygen atoms in total. The number of methoxy groups -OCH3 is 2. The number of aliphatic hydroxyl groups excluding tert-OH is 1. The number of amides is 1. The van der Waals surface area contributed by atoms with Gasteiger partial charge in [-0.25, -0.2) is 4.98 Å². The molecule has 2 heterocycles. The maximum Gasteiger partial charge on any atom is 0.301 e. The molecule has 176 valence electrons. The van der Waals surface area contributed by atoms with Crippen LogP contribution in [0, 0.1) is 6.92 Å². The number of ether oxygens (including phenoxy) is 2. The Bertz CT molecular complexity index is 1470. The van der Waals surface area contributed by atoms with Gasteiger partial charge in [0.05, 0.1) is 36.1 Å². The number of thiazole rings is 1. The van der Waals surface area contributed by atoms with Crippen LogP contribution < -0.4 is 14.4 Å². The number of ketones is 1. The lowest BCUT2D eigenvalue weighted by Gasteiger charge is -2.23. The summed E-state index contributed by atoms with van der Waals surface area (Å²) in [6, 6.07) is 18.8. The molecule has 1 atom stereocenters.